The van der Waals surface area contributed by atoms with Crippen molar-refractivity contribution >= 4 is 11.9 Å². The number of hydrogen-bond donors (Lipinski definition) is 2. The van der Waals surface area contributed by atoms with Gasteiger partial charge >= 0.3 is 5.97 Å². The molecule has 0 bridgehead atoms. The summed E-state index contributed by atoms with van der Waals surface area (Å²) < 4.78 is 0. The predicted octanol–water partition coefficient (Wildman–Crippen LogP) is 2.43. The average Bonchev–Trinajstić information content (AvgIpc) is 2.12. The second kappa shape index (κ2) is 6.76. The summed E-state index contributed by atoms with van der Waals surface area (Å²) in [6.07, 6.45) is 3.70. The number of carbonyl (C=O) groups excluding carboxylic acids is 1. The summed E-state index contributed by atoms with van der Waals surface area (Å²) in [6.45, 7) is 6.25. The second-order valence-corrected chi connectivity index (χ2v) is 6.09. The lowest BCUT2D eigenvalue weighted by Gasteiger charge is -2.32. The molecule has 3 atom stereocenters. The molecular formula is C14H25NO3. The Kier molecular flexibility index (Phi) is 5.63. The molecule has 0 radical (unpaired) electrons. The summed E-state index contributed by atoms with van der Waals surface area (Å²) in [5.74, 6) is 0.386. The first-order valence-corrected chi connectivity index (χ1v) is 6.88. The number of carboxylic acid groups (broad SMARTS) is 1. The van der Waals surface area contributed by atoms with Gasteiger partial charge in [-0.3, -0.25) is 9.59 Å². The molecule has 1 aliphatic carbocycles. The van der Waals surface area contributed by atoms with Crippen LogP contribution in [0.3, 0.4) is 0 Å². The Morgan fingerprint density at radius 3 is 2.22 bits per heavy atom. The van der Waals surface area contributed by atoms with Gasteiger partial charge in [-0.2, -0.15) is 0 Å². The molecule has 1 fully saturated rings. The molecule has 1 amide bonds. The van der Waals surface area contributed by atoms with Crippen LogP contribution in [-0.4, -0.2) is 23.0 Å². The monoisotopic (exact) mass is 255 g/mol. The van der Waals surface area contributed by atoms with Gasteiger partial charge in [0.2, 0.25) is 5.91 Å². The van der Waals surface area contributed by atoms with Crippen LogP contribution in [-0.2, 0) is 9.59 Å². The molecule has 0 heterocycles. The Hall–Kier alpha value is -1.06. The van der Waals surface area contributed by atoms with Crippen molar-refractivity contribution in [3.8, 4) is 0 Å². The highest BCUT2D eigenvalue weighted by Crippen LogP contribution is 2.28. The topological polar surface area (TPSA) is 66.4 Å². The highest BCUT2D eigenvalue weighted by Gasteiger charge is 2.25. The Morgan fingerprint density at radius 1 is 1.17 bits per heavy atom. The standard InChI is InChI=1S/C14H25NO3/c1-9-4-10(2)6-12(5-9)15-13(16)7-11(3)8-14(17)18/h9-12H,4-8H2,1-3H3,(H,15,16)(H,17,18). The molecule has 104 valence electrons. The summed E-state index contributed by atoms with van der Waals surface area (Å²) in [5, 5.41) is 11.7. The number of hydrogen-bond acceptors (Lipinski definition) is 2. The lowest BCUT2D eigenvalue weighted by atomic mass is 9.80. The molecule has 1 saturated carbocycles. The number of amides is 1. The lowest BCUT2D eigenvalue weighted by molar-refractivity contribution is -0.138. The van der Waals surface area contributed by atoms with Gasteiger partial charge in [0, 0.05) is 18.9 Å². The van der Waals surface area contributed by atoms with E-state index in [0.717, 1.165) is 12.8 Å². The number of carboxylic acids is 1. The number of carbonyl (C=O) groups is 2. The van der Waals surface area contributed by atoms with Crippen LogP contribution in [0.5, 0.6) is 0 Å². The van der Waals surface area contributed by atoms with E-state index in [4.69, 9.17) is 5.11 Å². The van der Waals surface area contributed by atoms with E-state index in [1.807, 2.05) is 0 Å². The van der Waals surface area contributed by atoms with Crippen LogP contribution in [0.4, 0.5) is 0 Å². The highest BCUT2D eigenvalue weighted by atomic mass is 16.4. The first kappa shape index (κ1) is 15.0. The van der Waals surface area contributed by atoms with E-state index in [-0.39, 0.29) is 24.3 Å². The fourth-order valence-electron chi connectivity index (χ4n) is 3.04. The third-order valence-corrected chi connectivity index (χ3v) is 3.60. The number of rotatable bonds is 5. The molecule has 0 aliphatic heterocycles. The van der Waals surface area contributed by atoms with Crippen LogP contribution in [0.25, 0.3) is 0 Å². The Labute approximate surface area is 109 Å². The van der Waals surface area contributed by atoms with Crippen molar-refractivity contribution in [2.45, 2.75) is 58.9 Å². The van der Waals surface area contributed by atoms with Gasteiger partial charge in [0.05, 0.1) is 0 Å². The number of nitrogens with one attached hydrogen (secondary N) is 1. The van der Waals surface area contributed by atoms with Gasteiger partial charge in [-0.05, 0) is 37.0 Å². The van der Waals surface area contributed by atoms with Gasteiger partial charge in [-0.25, -0.2) is 0 Å². The van der Waals surface area contributed by atoms with Crippen molar-refractivity contribution in [2.24, 2.45) is 17.8 Å². The van der Waals surface area contributed by atoms with E-state index in [1.54, 1.807) is 6.92 Å². The Balaban J connectivity index is 2.33. The fraction of sp³-hybridized carbons (Fsp3) is 0.857. The maximum atomic E-state index is 11.8. The lowest BCUT2D eigenvalue weighted by Crippen LogP contribution is -2.40. The molecule has 3 unspecified atom stereocenters. The smallest absolute Gasteiger partial charge is 0.303 e. The summed E-state index contributed by atoms with van der Waals surface area (Å²) >= 11 is 0. The van der Waals surface area contributed by atoms with E-state index in [9.17, 15) is 9.59 Å². The molecule has 1 aliphatic rings. The first-order valence-electron chi connectivity index (χ1n) is 6.88. The van der Waals surface area contributed by atoms with E-state index < -0.39 is 5.97 Å². The Bertz CT molecular complexity index is 293. The van der Waals surface area contributed by atoms with Gasteiger partial charge in [0.25, 0.3) is 0 Å². The summed E-state index contributed by atoms with van der Waals surface area (Å²) in [6, 6.07) is 0.272. The molecule has 18 heavy (non-hydrogen) atoms. The highest BCUT2D eigenvalue weighted by molar-refractivity contribution is 5.77. The normalized spacial score (nSPS) is 29.6. The first-order chi connectivity index (χ1) is 8.36. The van der Waals surface area contributed by atoms with Crippen molar-refractivity contribution in [3.63, 3.8) is 0 Å². The van der Waals surface area contributed by atoms with Crippen molar-refractivity contribution in [3.05, 3.63) is 0 Å². The predicted molar refractivity (Wildman–Crippen MR) is 70.1 cm³/mol. The molecule has 0 aromatic carbocycles. The quantitative estimate of drug-likeness (QED) is 0.793. The van der Waals surface area contributed by atoms with Crippen LogP contribution >= 0.6 is 0 Å². The molecule has 1 rings (SSSR count). The molecule has 0 saturated heterocycles. The van der Waals surface area contributed by atoms with Crippen molar-refractivity contribution < 1.29 is 14.7 Å². The van der Waals surface area contributed by atoms with Gasteiger partial charge in [-0.1, -0.05) is 20.8 Å². The van der Waals surface area contributed by atoms with Crippen molar-refractivity contribution in [1.82, 2.24) is 5.32 Å². The minimum atomic E-state index is -0.838. The SMILES string of the molecule is CC(CC(=O)O)CC(=O)NC1CC(C)CC(C)C1. The van der Waals surface area contributed by atoms with Crippen LogP contribution in [0, 0.1) is 17.8 Å². The minimum Gasteiger partial charge on any atom is -0.481 e. The third-order valence-electron chi connectivity index (χ3n) is 3.60. The van der Waals surface area contributed by atoms with E-state index in [0.29, 0.717) is 18.3 Å². The summed E-state index contributed by atoms with van der Waals surface area (Å²) in [7, 11) is 0. The van der Waals surface area contributed by atoms with Crippen LogP contribution < -0.4 is 5.32 Å². The summed E-state index contributed by atoms with van der Waals surface area (Å²) in [5.41, 5.74) is 0. The van der Waals surface area contributed by atoms with Gasteiger partial charge in [0.1, 0.15) is 0 Å². The van der Waals surface area contributed by atoms with E-state index >= 15 is 0 Å². The zero-order valence-corrected chi connectivity index (χ0v) is 11.6. The van der Waals surface area contributed by atoms with Crippen molar-refractivity contribution in [1.29, 1.82) is 0 Å². The van der Waals surface area contributed by atoms with Crippen LogP contribution in [0.15, 0.2) is 0 Å². The van der Waals surface area contributed by atoms with Gasteiger partial charge < -0.3 is 10.4 Å². The summed E-state index contributed by atoms with van der Waals surface area (Å²) in [4.78, 5) is 22.3. The average molecular weight is 255 g/mol. The zero-order chi connectivity index (χ0) is 13.7. The maximum Gasteiger partial charge on any atom is 0.303 e. The van der Waals surface area contributed by atoms with Crippen LogP contribution in [0.1, 0.15) is 52.9 Å². The maximum absolute atomic E-state index is 11.8. The van der Waals surface area contributed by atoms with Gasteiger partial charge in [-0.15, -0.1) is 0 Å². The minimum absolute atomic E-state index is 0.00458. The largest absolute Gasteiger partial charge is 0.481 e. The van der Waals surface area contributed by atoms with Gasteiger partial charge in [0.15, 0.2) is 0 Å². The third kappa shape index (κ3) is 5.52. The molecule has 0 aromatic heterocycles. The Morgan fingerprint density at radius 2 is 1.72 bits per heavy atom. The molecule has 0 aromatic rings. The second-order valence-electron chi connectivity index (χ2n) is 6.09. The molecular weight excluding hydrogens is 230 g/mol. The van der Waals surface area contributed by atoms with E-state index in [1.165, 1.54) is 6.42 Å². The molecule has 0 spiro atoms. The zero-order valence-electron chi connectivity index (χ0n) is 11.6. The van der Waals surface area contributed by atoms with E-state index in [2.05, 4.69) is 19.2 Å². The van der Waals surface area contributed by atoms with Crippen molar-refractivity contribution in [2.75, 3.05) is 0 Å². The fourth-order valence-corrected chi connectivity index (χ4v) is 3.04. The number of aliphatic carboxylic acids is 1. The molecule has 4 nitrogen and oxygen atoms in total. The molecule has 4 heteroatoms. The molecule has 2 N–H and O–H groups in total. The van der Waals surface area contributed by atoms with Crippen LogP contribution in [0.2, 0.25) is 0 Å².